The average Bonchev–Trinajstić information content (AvgIpc) is 2.62. The van der Waals surface area contributed by atoms with Crippen molar-refractivity contribution in [3.05, 3.63) is 80.7 Å². The normalized spacial score (nSPS) is 12.1. The predicted octanol–water partition coefficient (Wildman–Crippen LogP) is 4.99. The summed E-state index contributed by atoms with van der Waals surface area (Å²) >= 11 is 6.19. The lowest BCUT2D eigenvalue weighted by Gasteiger charge is -2.15. The van der Waals surface area contributed by atoms with E-state index in [1.165, 1.54) is 6.07 Å². The second-order valence-electron chi connectivity index (χ2n) is 6.17. The Morgan fingerprint density at radius 3 is 2.62 bits per heavy atom. The maximum absolute atomic E-state index is 12.5. The molecule has 4 nitrogen and oxygen atoms in total. The molecule has 0 fully saturated rings. The number of aryl methyl sites for hydroxylation is 1. The Bertz CT molecular complexity index is 992. The molecule has 0 N–H and O–H groups in total. The average molecular weight is 371 g/mol. The molecule has 1 aromatic heterocycles. The van der Waals surface area contributed by atoms with Crippen LogP contribution in [0.25, 0.3) is 11.0 Å². The smallest absolute Gasteiger partial charge is 0.336 e. The van der Waals surface area contributed by atoms with Crippen LogP contribution in [0.15, 0.2) is 57.7 Å². The molecule has 0 aliphatic heterocycles. The van der Waals surface area contributed by atoms with Gasteiger partial charge in [-0.1, -0.05) is 48.9 Å². The molecule has 2 aromatic carbocycles. The molecule has 3 rings (SSSR count). The fourth-order valence-electron chi connectivity index (χ4n) is 2.94. The molecule has 0 radical (unpaired) electrons. The zero-order valence-corrected chi connectivity index (χ0v) is 15.4. The molecule has 5 heteroatoms. The fraction of sp³-hybridized carbons (Fsp3) is 0.238. The highest BCUT2D eigenvalue weighted by molar-refractivity contribution is 6.32. The fourth-order valence-corrected chi connectivity index (χ4v) is 3.10. The van der Waals surface area contributed by atoms with Gasteiger partial charge < -0.3 is 9.15 Å². The Hall–Kier alpha value is -2.59. The molecule has 1 heterocycles. The summed E-state index contributed by atoms with van der Waals surface area (Å²) in [5.74, 6) is -0.660. The van der Waals surface area contributed by atoms with Crippen molar-refractivity contribution in [2.24, 2.45) is 0 Å². The van der Waals surface area contributed by atoms with E-state index in [1.54, 1.807) is 12.1 Å². The van der Waals surface area contributed by atoms with Crippen LogP contribution < -0.4 is 5.63 Å². The number of esters is 1. The third kappa shape index (κ3) is 3.81. The number of rotatable bonds is 5. The summed E-state index contributed by atoms with van der Waals surface area (Å²) in [7, 11) is 0. The summed E-state index contributed by atoms with van der Waals surface area (Å²) in [6.45, 7) is 3.76. The van der Waals surface area contributed by atoms with Gasteiger partial charge in [-0.3, -0.25) is 4.79 Å². The van der Waals surface area contributed by atoms with Gasteiger partial charge >= 0.3 is 11.6 Å². The summed E-state index contributed by atoms with van der Waals surface area (Å²) < 4.78 is 10.7. The van der Waals surface area contributed by atoms with Gasteiger partial charge in [-0.05, 0) is 36.6 Å². The summed E-state index contributed by atoms with van der Waals surface area (Å²) in [6, 6.07) is 14.3. The topological polar surface area (TPSA) is 56.5 Å². The highest BCUT2D eigenvalue weighted by atomic mass is 35.5. The largest absolute Gasteiger partial charge is 0.460 e. The highest BCUT2D eigenvalue weighted by Gasteiger charge is 2.20. The van der Waals surface area contributed by atoms with E-state index < -0.39 is 5.63 Å². The molecule has 0 amide bonds. The van der Waals surface area contributed by atoms with Crippen molar-refractivity contribution in [2.75, 3.05) is 0 Å². The molecule has 134 valence electrons. The van der Waals surface area contributed by atoms with E-state index in [0.717, 1.165) is 11.1 Å². The Morgan fingerprint density at radius 1 is 1.19 bits per heavy atom. The molecule has 26 heavy (non-hydrogen) atoms. The molecule has 0 aliphatic carbocycles. The molecule has 0 saturated carbocycles. The second-order valence-corrected chi connectivity index (χ2v) is 6.57. The van der Waals surface area contributed by atoms with E-state index in [-0.39, 0.29) is 18.5 Å². The van der Waals surface area contributed by atoms with Crippen LogP contribution in [-0.2, 0) is 16.1 Å². The maximum Gasteiger partial charge on any atom is 0.336 e. The number of benzene rings is 2. The number of halogens is 1. The van der Waals surface area contributed by atoms with Crippen LogP contribution in [0.2, 0.25) is 5.02 Å². The number of fused-ring (bicyclic) bond motifs is 1. The molecular weight excluding hydrogens is 352 g/mol. The Labute approximate surface area is 156 Å². The van der Waals surface area contributed by atoms with Crippen molar-refractivity contribution in [3.8, 4) is 0 Å². The molecule has 0 aliphatic rings. The zero-order chi connectivity index (χ0) is 18.7. The second kappa shape index (κ2) is 7.75. The van der Waals surface area contributed by atoms with Crippen molar-refractivity contribution in [3.63, 3.8) is 0 Å². The van der Waals surface area contributed by atoms with Gasteiger partial charge in [0.1, 0.15) is 12.2 Å². The van der Waals surface area contributed by atoms with E-state index in [1.807, 2.05) is 44.2 Å². The van der Waals surface area contributed by atoms with Gasteiger partial charge in [-0.25, -0.2) is 4.79 Å². The minimum absolute atomic E-state index is 0.0103. The first-order valence-electron chi connectivity index (χ1n) is 8.44. The lowest BCUT2D eigenvalue weighted by molar-refractivity contribution is -0.146. The first-order chi connectivity index (χ1) is 12.5. The van der Waals surface area contributed by atoms with Crippen LogP contribution in [0.4, 0.5) is 0 Å². The lowest BCUT2D eigenvalue weighted by Crippen LogP contribution is -2.16. The van der Waals surface area contributed by atoms with Crippen LogP contribution in [-0.4, -0.2) is 5.97 Å². The standard InChI is InChI=1S/C21H19ClO4/c1-3-16(14-7-5-4-6-8-14)21(24)25-12-15-10-20(23)26-19-9-13(2)18(22)11-17(15)19/h4-11,16H,3,12H2,1-2H3/t16-/m0/s1. The molecular formula is C21H19ClO4. The van der Waals surface area contributed by atoms with Gasteiger partial charge in [0.25, 0.3) is 0 Å². The predicted molar refractivity (Wildman–Crippen MR) is 102 cm³/mol. The molecule has 3 aromatic rings. The first-order valence-corrected chi connectivity index (χ1v) is 8.82. The quantitative estimate of drug-likeness (QED) is 0.469. The molecule has 0 unspecified atom stereocenters. The minimum Gasteiger partial charge on any atom is -0.460 e. The Morgan fingerprint density at radius 2 is 1.92 bits per heavy atom. The number of hydrogen-bond donors (Lipinski definition) is 0. The van der Waals surface area contributed by atoms with Gasteiger partial charge in [0.05, 0.1) is 5.92 Å². The van der Waals surface area contributed by atoms with Crippen LogP contribution >= 0.6 is 11.6 Å². The highest BCUT2D eigenvalue weighted by Crippen LogP contribution is 2.26. The van der Waals surface area contributed by atoms with Crippen LogP contribution in [0.1, 0.15) is 36.0 Å². The van der Waals surface area contributed by atoms with Crippen LogP contribution in [0, 0.1) is 6.92 Å². The molecule has 0 spiro atoms. The van der Waals surface area contributed by atoms with Crippen molar-refractivity contribution in [1.29, 1.82) is 0 Å². The maximum atomic E-state index is 12.5. The SMILES string of the molecule is CC[C@H](C(=O)OCc1cc(=O)oc2cc(C)c(Cl)cc12)c1ccccc1. The lowest BCUT2D eigenvalue weighted by atomic mass is 9.97. The first kappa shape index (κ1) is 18.2. The summed E-state index contributed by atoms with van der Waals surface area (Å²) in [5.41, 5.74) is 2.25. The van der Waals surface area contributed by atoms with Crippen LogP contribution in [0.3, 0.4) is 0 Å². The molecule has 0 saturated heterocycles. The van der Waals surface area contributed by atoms with E-state index in [2.05, 4.69) is 0 Å². The third-order valence-electron chi connectivity index (χ3n) is 4.37. The van der Waals surface area contributed by atoms with E-state index in [0.29, 0.717) is 28.0 Å². The van der Waals surface area contributed by atoms with Crippen molar-refractivity contribution >= 4 is 28.5 Å². The van der Waals surface area contributed by atoms with Crippen molar-refractivity contribution < 1.29 is 13.9 Å². The Balaban J connectivity index is 1.86. The van der Waals surface area contributed by atoms with E-state index in [9.17, 15) is 9.59 Å². The van der Waals surface area contributed by atoms with Gasteiger partial charge in [-0.15, -0.1) is 0 Å². The minimum atomic E-state index is -0.486. The van der Waals surface area contributed by atoms with Gasteiger partial charge in [0, 0.05) is 22.0 Å². The van der Waals surface area contributed by atoms with Gasteiger partial charge in [-0.2, -0.15) is 0 Å². The van der Waals surface area contributed by atoms with E-state index >= 15 is 0 Å². The number of hydrogen-bond acceptors (Lipinski definition) is 4. The number of carbonyl (C=O) groups is 1. The Kier molecular flexibility index (Phi) is 5.43. The summed E-state index contributed by atoms with van der Waals surface area (Å²) in [4.78, 5) is 24.4. The van der Waals surface area contributed by atoms with Crippen molar-refractivity contribution in [2.45, 2.75) is 32.8 Å². The van der Waals surface area contributed by atoms with E-state index in [4.69, 9.17) is 20.8 Å². The molecule has 0 bridgehead atoms. The number of ether oxygens (including phenoxy) is 1. The van der Waals surface area contributed by atoms with Crippen LogP contribution in [0.5, 0.6) is 0 Å². The monoisotopic (exact) mass is 370 g/mol. The van der Waals surface area contributed by atoms with Gasteiger partial charge in [0.15, 0.2) is 0 Å². The summed E-state index contributed by atoms with van der Waals surface area (Å²) in [6.07, 6.45) is 0.631. The summed E-state index contributed by atoms with van der Waals surface area (Å²) in [5, 5.41) is 1.23. The van der Waals surface area contributed by atoms with Gasteiger partial charge in [0.2, 0.25) is 0 Å². The number of carbonyl (C=O) groups excluding carboxylic acids is 1. The molecule has 1 atom stereocenters. The third-order valence-corrected chi connectivity index (χ3v) is 4.78. The zero-order valence-electron chi connectivity index (χ0n) is 14.6. The van der Waals surface area contributed by atoms with Crippen molar-refractivity contribution in [1.82, 2.24) is 0 Å².